The maximum atomic E-state index is 4.73. The van der Waals surface area contributed by atoms with Crippen LogP contribution in [0.5, 0.6) is 0 Å². The summed E-state index contributed by atoms with van der Waals surface area (Å²) < 4.78 is 0. The summed E-state index contributed by atoms with van der Waals surface area (Å²) in [5, 5.41) is 0. The largest absolute Gasteiger partial charge is 0.342 e. The zero-order valence-electron chi connectivity index (χ0n) is 11.4. The van der Waals surface area contributed by atoms with E-state index >= 15 is 0 Å². The van der Waals surface area contributed by atoms with E-state index in [1.807, 2.05) is 0 Å². The van der Waals surface area contributed by atoms with E-state index in [1.165, 1.54) is 27.7 Å². The van der Waals surface area contributed by atoms with Gasteiger partial charge in [0.25, 0.3) is 0 Å². The summed E-state index contributed by atoms with van der Waals surface area (Å²) in [6.07, 6.45) is 4.26. The molecule has 0 bridgehead atoms. The molecule has 0 fully saturated rings. The molecule has 0 aliphatic rings. The van der Waals surface area contributed by atoms with E-state index < -0.39 is 0 Å². The van der Waals surface area contributed by atoms with Gasteiger partial charge in [0.15, 0.2) is 0 Å². The molecule has 0 unspecified atom stereocenters. The molecule has 0 radical (unpaired) electrons. The fourth-order valence-electron chi connectivity index (χ4n) is 2.67. The lowest BCUT2D eigenvalue weighted by Crippen LogP contribution is -1.99. The molecule has 1 N–H and O–H groups in total. The van der Waals surface area contributed by atoms with Gasteiger partial charge in [0.2, 0.25) is 0 Å². The van der Waals surface area contributed by atoms with Crippen molar-refractivity contribution in [1.29, 1.82) is 0 Å². The number of hydrogen-bond acceptors (Lipinski definition) is 1. The standard InChI is InChI=1S/C15H22N2/c1-5-10-9-13-15(17-14(8-4)16-13)12(7-3)11(10)6-2/h9H,5-8H2,1-4H3,(H,16,17). The number of nitrogens with one attached hydrogen (secondary N) is 1. The van der Waals surface area contributed by atoms with Crippen LogP contribution in [-0.2, 0) is 25.7 Å². The molecule has 92 valence electrons. The van der Waals surface area contributed by atoms with Gasteiger partial charge in [0.05, 0.1) is 11.0 Å². The van der Waals surface area contributed by atoms with Crippen molar-refractivity contribution in [2.45, 2.75) is 53.4 Å². The van der Waals surface area contributed by atoms with E-state index in [-0.39, 0.29) is 0 Å². The molecule has 0 aliphatic carbocycles. The maximum Gasteiger partial charge on any atom is 0.106 e. The third-order valence-electron chi connectivity index (χ3n) is 3.56. The Kier molecular flexibility index (Phi) is 3.51. The topological polar surface area (TPSA) is 28.7 Å². The second-order valence-corrected chi connectivity index (χ2v) is 4.49. The summed E-state index contributed by atoms with van der Waals surface area (Å²) in [5.74, 6) is 1.10. The lowest BCUT2D eigenvalue weighted by molar-refractivity contribution is 0.984. The van der Waals surface area contributed by atoms with Crippen LogP contribution in [0.4, 0.5) is 0 Å². The van der Waals surface area contributed by atoms with E-state index in [1.54, 1.807) is 0 Å². The van der Waals surface area contributed by atoms with Gasteiger partial charge in [-0.05, 0) is 42.0 Å². The van der Waals surface area contributed by atoms with Crippen LogP contribution < -0.4 is 0 Å². The van der Waals surface area contributed by atoms with Crippen molar-refractivity contribution in [2.75, 3.05) is 0 Å². The first-order valence-electron chi connectivity index (χ1n) is 6.77. The van der Waals surface area contributed by atoms with Gasteiger partial charge >= 0.3 is 0 Å². The molecular weight excluding hydrogens is 208 g/mol. The predicted molar refractivity (Wildman–Crippen MR) is 73.6 cm³/mol. The highest BCUT2D eigenvalue weighted by Gasteiger charge is 2.13. The quantitative estimate of drug-likeness (QED) is 0.850. The molecule has 0 saturated carbocycles. The van der Waals surface area contributed by atoms with Crippen molar-refractivity contribution >= 4 is 11.0 Å². The molecule has 2 aromatic rings. The van der Waals surface area contributed by atoms with Crippen molar-refractivity contribution < 1.29 is 0 Å². The Bertz CT molecular complexity index is 523. The lowest BCUT2D eigenvalue weighted by atomic mass is 9.94. The minimum atomic E-state index is 0.973. The van der Waals surface area contributed by atoms with E-state index in [4.69, 9.17) is 4.98 Å². The maximum absolute atomic E-state index is 4.73. The number of aryl methyl sites for hydroxylation is 3. The van der Waals surface area contributed by atoms with Gasteiger partial charge in [0, 0.05) is 6.42 Å². The van der Waals surface area contributed by atoms with Crippen LogP contribution in [0.25, 0.3) is 11.0 Å². The molecule has 2 nitrogen and oxygen atoms in total. The first kappa shape index (κ1) is 12.2. The number of fused-ring (bicyclic) bond motifs is 1. The van der Waals surface area contributed by atoms with Crippen molar-refractivity contribution in [3.05, 3.63) is 28.6 Å². The van der Waals surface area contributed by atoms with Gasteiger partial charge in [0.1, 0.15) is 5.82 Å². The Balaban J connectivity index is 2.76. The Labute approximate surface area is 103 Å². The normalized spacial score (nSPS) is 11.3. The molecule has 0 atom stereocenters. The number of rotatable bonds is 4. The third kappa shape index (κ3) is 1.97. The number of H-pyrrole nitrogens is 1. The SMILES string of the molecule is CCc1nc2c(CC)c(CC)c(CC)cc2[nH]1. The van der Waals surface area contributed by atoms with Crippen LogP contribution in [0.1, 0.15) is 50.2 Å². The molecule has 2 heteroatoms. The highest BCUT2D eigenvalue weighted by atomic mass is 14.9. The highest BCUT2D eigenvalue weighted by Crippen LogP contribution is 2.26. The van der Waals surface area contributed by atoms with E-state index in [0.29, 0.717) is 0 Å². The molecule has 1 heterocycles. The van der Waals surface area contributed by atoms with Gasteiger partial charge in [-0.2, -0.15) is 0 Å². The van der Waals surface area contributed by atoms with Crippen molar-refractivity contribution in [1.82, 2.24) is 9.97 Å². The van der Waals surface area contributed by atoms with Gasteiger partial charge in [-0.3, -0.25) is 0 Å². The average Bonchev–Trinajstić information content (AvgIpc) is 2.78. The monoisotopic (exact) mass is 230 g/mol. The van der Waals surface area contributed by atoms with E-state index in [2.05, 4.69) is 38.7 Å². The van der Waals surface area contributed by atoms with Crippen LogP contribution in [0, 0.1) is 0 Å². The van der Waals surface area contributed by atoms with Gasteiger partial charge < -0.3 is 4.98 Å². The molecule has 0 saturated heterocycles. The summed E-state index contributed by atoms with van der Waals surface area (Å²) >= 11 is 0. The second-order valence-electron chi connectivity index (χ2n) is 4.49. The minimum absolute atomic E-state index is 0.973. The summed E-state index contributed by atoms with van der Waals surface area (Å²) in [6.45, 7) is 8.85. The number of aromatic nitrogens is 2. The lowest BCUT2D eigenvalue weighted by Gasteiger charge is -2.12. The fraction of sp³-hybridized carbons (Fsp3) is 0.533. The Morgan fingerprint density at radius 2 is 1.65 bits per heavy atom. The zero-order valence-corrected chi connectivity index (χ0v) is 11.4. The average molecular weight is 230 g/mol. The second kappa shape index (κ2) is 4.91. The van der Waals surface area contributed by atoms with Crippen LogP contribution in [0.15, 0.2) is 6.07 Å². The molecule has 0 aliphatic heterocycles. The summed E-state index contributed by atoms with van der Waals surface area (Å²) in [5.41, 5.74) is 6.84. The molecule has 17 heavy (non-hydrogen) atoms. The minimum Gasteiger partial charge on any atom is -0.342 e. The molecular formula is C15H22N2. The third-order valence-corrected chi connectivity index (χ3v) is 3.56. The van der Waals surface area contributed by atoms with Crippen LogP contribution in [0.2, 0.25) is 0 Å². The van der Waals surface area contributed by atoms with Crippen LogP contribution >= 0.6 is 0 Å². The van der Waals surface area contributed by atoms with E-state index in [0.717, 1.165) is 31.5 Å². The molecule has 0 amide bonds. The number of nitrogens with zero attached hydrogens (tertiary/aromatic N) is 1. The van der Waals surface area contributed by atoms with Gasteiger partial charge in [-0.1, -0.05) is 27.7 Å². The van der Waals surface area contributed by atoms with Crippen molar-refractivity contribution in [2.24, 2.45) is 0 Å². The molecule has 2 rings (SSSR count). The zero-order chi connectivity index (χ0) is 12.4. The first-order chi connectivity index (χ1) is 8.24. The van der Waals surface area contributed by atoms with Crippen molar-refractivity contribution in [3.63, 3.8) is 0 Å². The summed E-state index contributed by atoms with van der Waals surface area (Å²) in [7, 11) is 0. The number of aromatic amines is 1. The smallest absolute Gasteiger partial charge is 0.106 e. The van der Waals surface area contributed by atoms with Crippen LogP contribution in [-0.4, -0.2) is 9.97 Å². The van der Waals surface area contributed by atoms with Crippen molar-refractivity contribution in [3.8, 4) is 0 Å². The van der Waals surface area contributed by atoms with Crippen LogP contribution in [0.3, 0.4) is 0 Å². The number of hydrogen-bond donors (Lipinski definition) is 1. The summed E-state index contributed by atoms with van der Waals surface area (Å²) in [6, 6.07) is 2.29. The Hall–Kier alpha value is -1.31. The Morgan fingerprint density at radius 3 is 2.18 bits per heavy atom. The Morgan fingerprint density at radius 1 is 0.941 bits per heavy atom. The number of imidazole rings is 1. The molecule has 0 spiro atoms. The molecule has 1 aromatic carbocycles. The number of benzene rings is 1. The predicted octanol–water partition coefficient (Wildman–Crippen LogP) is 3.81. The first-order valence-corrected chi connectivity index (χ1v) is 6.77. The molecule has 1 aromatic heterocycles. The van der Waals surface area contributed by atoms with Gasteiger partial charge in [-0.25, -0.2) is 4.98 Å². The summed E-state index contributed by atoms with van der Waals surface area (Å²) in [4.78, 5) is 8.17. The fourth-order valence-corrected chi connectivity index (χ4v) is 2.67. The van der Waals surface area contributed by atoms with Gasteiger partial charge in [-0.15, -0.1) is 0 Å². The highest BCUT2D eigenvalue weighted by molar-refractivity contribution is 5.81. The van der Waals surface area contributed by atoms with E-state index in [9.17, 15) is 0 Å².